The summed E-state index contributed by atoms with van der Waals surface area (Å²) in [5, 5.41) is 2.58. The van der Waals surface area contributed by atoms with Gasteiger partial charge in [-0.3, -0.25) is 9.59 Å². The first-order valence-electron chi connectivity index (χ1n) is 9.48. The first-order chi connectivity index (χ1) is 14.2. The predicted molar refractivity (Wildman–Crippen MR) is 103 cm³/mol. The van der Waals surface area contributed by atoms with Crippen LogP contribution in [0.4, 0.5) is 18.9 Å². The number of nitrogens with zero attached hydrogens (tertiary/aromatic N) is 3. The van der Waals surface area contributed by atoms with Gasteiger partial charge in [-0.25, -0.2) is 4.98 Å². The molecule has 0 atom stereocenters. The van der Waals surface area contributed by atoms with Gasteiger partial charge in [-0.1, -0.05) is 0 Å². The Kier molecular flexibility index (Phi) is 5.00. The molecule has 3 aromatic rings. The fourth-order valence-electron chi connectivity index (χ4n) is 3.20. The van der Waals surface area contributed by atoms with Crippen LogP contribution in [0.25, 0.3) is 5.65 Å². The maximum absolute atomic E-state index is 12.7. The van der Waals surface area contributed by atoms with E-state index in [1.54, 1.807) is 23.6 Å². The summed E-state index contributed by atoms with van der Waals surface area (Å²) >= 11 is 0. The van der Waals surface area contributed by atoms with Crippen LogP contribution in [-0.4, -0.2) is 32.6 Å². The van der Waals surface area contributed by atoms with E-state index in [1.165, 1.54) is 12.1 Å². The van der Waals surface area contributed by atoms with Crippen molar-refractivity contribution in [2.75, 3.05) is 11.9 Å². The fraction of sp³-hybridized carbons (Fsp3) is 0.350. The molecule has 0 aliphatic heterocycles. The van der Waals surface area contributed by atoms with Gasteiger partial charge in [-0.15, -0.1) is 0 Å². The number of alkyl halides is 3. The highest BCUT2D eigenvalue weighted by Gasteiger charge is 2.29. The van der Waals surface area contributed by atoms with Crippen LogP contribution >= 0.6 is 0 Å². The van der Waals surface area contributed by atoms with Gasteiger partial charge in [0.05, 0.1) is 12.3 Å². The number of anilines is 1. The second kappa shape index (κ2) is 7.51. The van der Waals surface area contributed by atoms with E-state index in [4.69, 9.17) is 4.74 Å². The van der Waals surface area contributed by atoms with Gasteiger partial charge >= 0.3 is 6.18 Å². The Bertz CT molecular complexity index is 1160. The van der Waals surface area contributed by atoms with E-state index >= 15 is 0 Å². The van der Waals surface area contributed by atoms with Gasteiger partial charge in [0, 0.05) is 30.6 Å². The van der Waals surface area contributed by atoms with E-state index < -0.39 is 29.8 Å². The summed E-state index contributed by atoms with van der Waals surface area (Å²) in [5.74, 6) is -0.0212. The molecule has 1 aliphatic rings. The number of fused-ring (bicyclic) bond motifs is 1. The Morgan fingerprint density at radius 2 is 2.10 bits per heavy atom. The zero-order chi connectivity index (χ0) is 21.5. The lowest BCUT2D eigenvalue weighted by molar-refractivity contribution is -0.141. The van der Waals surface area contributed by atoms with E-state index in [9.17, 15) is 22.8 Å². The van der Waals surface area contributed by atoms with Crippen molar-refractivity contribution in [3.8, 4) is 5.75 Å². The van der Waals surface area contributed by atoms with E-state index in [0.717, 1.165) is 24.7 Å². The van der Waals surface area contributed by atoms with Gasteiger partial charge < -0.3 is 19.0 Å². The molecule has 0 bridgehead atoms. The highest BCUT2D eigenvalue weighted by Crippen LogP contribution is 2.40. The predicted octanol–water partition coefficient (Wildman–Crippen LogP) is 3.59. The molecule has 7 nitrogen and oxygen atoms in total. The standard InChI is InChI=1S/C20H19F3N4O3/c1-2-30-16-8-17-24-14(12-5-6-12)9-27(17)10-15(16)25-18(28)13-4-3-7-26(19(13)29)11-20(21,22)23/h3-4,7-10,12H,2,5-6,11H2,1H3,(H,25,28). The van der Waals surface area contributed by atoms with E-state index in [1.807, 2.05) is 6.20 Å². The number of nitrogens with one attached hydrogen (secondary N) is 1. The molecule has 0 unspecified atom stereocenters. The second-order valence-corrected chi connectivity index (χ2v) is 7.11. The minimum atomic E-state index is -4.58. The first kappa shape index (κ1) is 20.0. The summed E-state index contributed by atoms with van der Waals surface area (Å²) in [6, 6.07) is 4.09. The number of aromatic nitrogens is 3. The van der Waals surface area contributed by atoms with Gasteiger partial charge in [0.1, 0.15) is 29.2 Å². The lowest BCUT2D eigenvalue weighted by Crippen LogP contribution is -2.32. The minimum absolute atomic E-state index is 0.291. The van der Waals surface area contributed by atoms with Crippen LogP contribution in [0.1, 0.15) is 41.7 Å². The van der Waals surface area contributed by atoms with Crippen molar-refractivity contribution in [1.82, 2.24) is 14.0 Å². The van der Waals surface area contributed by atoms with Gasteiger partial charge in [0.25, 0.3) is 11.5 Å². The summed E-state index contributed by atoms with van der Waals surface area (Å²) in [4.78, 5) is 29.6. The summed E-state index contributed by atoms with van der Waals surface area (Å²) < 4.78 is 45.8. The number of imidazole rings is 1. The van der Waals surface area contributed by atoms with Crippen molar-refractivity contribution in [2.45, 2.75) is 38.4 Å². The number of carbonyl (C=O) groups excluding carboxylic acids is 1. The molecule has 1 fully saturated rings. The van der Waals surface area contributed by atoms with Crippen molar-refractivity contribution >= 4 is 17.2 Å². The molecule has 0 aromatic carbocycles. The first-order valence-corrected chi connectivity index (χ1v) is 9.48. The average molecular weight is 420 g/mol. The topological polar surface area (TPSA) is 77.6 Å². The van der Waals surface area contributed by atoms with Crippen LogP contribution in [0.15, 0.2) is 41.6 Å². The van der Waals surface area contributed by atoms with Crippen molar-refractivity contribution in [3.63, 3.8) is 0 Å². The smallest absolute Gasteiger partial charge is 0.406 e. The molecule has 3 aromatic heterocycles. The maximum atomic E-state index is 12.7. The maximum Gasteiger partial charge on any atom is 0.406 e. The summed E-state index contributed by atoms with van der Waals surface area (Å²) in [5.41, 5.74) is 0.489. The molecule has 0 spiro atoms. The number of halogens is 3. The Labute approximate surface area is 169 Å². The third kappa shape index (κ3) is 4.17. The van der Waals surface area contributed by atoms with E-state index in [2.05, 4.69) is 10.3 Å². The third-order valence-corrected chi connectivity index (χ3v) is 4.73. The van der Waals surface area contributed by atoms with Crippen molar-refractivity contribution in [1.29, 1.82) is 0 Å². The molecule has 1 saturated carbocycles. The normalized spacial score (nSPS) is 14.1. The Morgan fingerprint density at radius 3 is 2.77 bits per heavy atom. The third-order valence-electron chi connectivity index (χ3n) is 4.73. The van der Waals surface area contributed by atoms with Crippen LogP contribution in [0.2, 0.25) is 0 Å². The molecule has 1 aliphatic carbocycles. The number of rotatable bonds is 6. The molecule has 3 heterocycles. The molecule has 158 valence electrons. The van der Waals surface area contributed by atoms with Crippen LogP contribution < -0.4 is 15.6 Å². The molecule has 10 heteroatoms. The highest BCUT2D eigenvalue weighted by molar-refractivity contribution is 6.04. The summed E-state index contributed by atoms with van der Waals surface area (Å²) in [6.45, 7) is 0.644. The number of hydrogen-bond acceptors (Lipinski definition) is 4. The van der Waals surface area contributed by atoms with Crippen molar-refractivity contribution in [3.05, 3.63) is 58.4 Å². The van der Waals surface area contributed by atoms with Gasteiger partial charge in [0.15, 0.2) is 0 Å². The van der Waals surface area contributed by atoms with Gasteiger partial charge in [0.2, 0.25) is 0 Å². The van der Waals surface area contributed by atoms with E-state index in [-0.39, 0.29) is 0 Å². The Morgan fingerprint density at radius 1 is 1.33 bits per heavy atom. The SMILES string of the molecule is CCOc1cc2nc(C3CC3)cn2cc1NC(=O)c1cccn(CC(F)(F)F)c1=O. The zero-order valence-corrected chi connectivity index (χ0v) is 16.1. The molecular weight excluding hydrogens is 401 g/mol. The second-order valence-electron chi connectivity index (χ2n) is 7.11. The van der Waals surface area contributed by atoms with Crippen molar-refractivity contribution < 1.29 is 22.7 Å². The summed E-state index contributed by atoms with van der Waals surface area (Å²) in [6.07, 6.45) is 2.08. The number of amides is 1. The number of hydrogen-bond donors (Lipinski definition) is 1. The van der Waals surface area contributed by atoms with Gasteiger partial charge in [-0.05, 0) is 31.9 Å². The highest BCUT2D eigenvalue weighted by atomic mass is 19.4. The molecule has 0 radical (unpaired) electrons. The average Bonchev–Trinajstić information content (AvgIpc) is 3.43. The monoisotopic (exact) mass is 420 g/mol. The number of ether oxygens (including phenoxy) is 1. The number of pyridine rings is 2. The van der Waals surface area contributed by atoms with Crippen LogP contribution in [0, 0.1) is 0 Å². The molecule has 1 amide bonds. The van der Waals surface area contributed by atoms with Crippen molar-refractivity contribution in [2.24, 2.45) is 0 Å². The van der Waals surface area contributed by atoms with Crippen LogP contribution in [0.3, 0.4) is 0 Å². The molecule has 4 rings (SSSR count). The Balaban J connectivity index is 1.66. The minimum Gasteiger partial charge on any atom is -0.491 e. The fourth-order valence-corrected chi connectivity index (χ4v) is 3.20. The quantitative estimate of drug-likeness (QED) is 0.661. The largest absolute Gasteiger partial charge is 0.491 e. The Hall–Kier alpha value is -3.30. The summed E-state index contributed by atoms with van der Waals surface area (Å²) in [7, 11) is 0. The number of carbonyl (C=O) groups is 1. The van der Waals surface area contributed by atoms with Gasteiger partial charge in [-0.2, -0.15) is 13.2 Å². The molecule has 30 heavy (non-hydrogen) atoms. The lowest BCUT2D eigenvalue weighted by atomic mass is 10.2. The lowest BCUT2D eigenvalue weighted by Gasteiger charge is -2.13. The molecule has 0 saturated heterocycles. The van der Waals surface area contributed by atoms with Crippen LogP contribution in [0.5, 0.6) is 5.75 Å². The van der Waals surface area contributed by atoms with E-state index in [0.29, 0.717) is 34.2 Å². The molecule has 1 N–H and O–H groups in total. The molecular formula is C20H19F3N4O3. The zero-order valence-electron chi connectivity index (χ0n) is 16.1. The van der Waals surface area contributed by atoms with Crippen LogP contribution in [-0.2, 0) is 6.54 Å².